The fourth-order valence-corrected chi connectivity index (χ4v) is 2.39. The standard InChI is InChI=1S/C19H19N7O4/c1-13(2)11-30-19(27)14-3-5-15(6-4-14)24-17-16(26(28)29)18(23-12-22-17)25(9-7-20)10-8-21/h3-6,12-13H,9-11H2,1-2H3,(H,22,23,24). The van der Waals surface area contributed by atoms with Crippen molar-refractivity contribution >= 4 is 29.0 Å². The first-order valence-corrected chi connectivity index (χ1v) is 8.89. The molecule has 1 aromatic carbocycles. The van der Waals surface area contributed by atoms with Gasteiger partial charge in [0.1, 0.15) is 19.4 Å². The molecule has 0 saturated carbocycles. The second kappa shape index (κ2) is 10.3. The van der Waals surface area contributed by atoms with E-state index >= 15 is 0 Å². The number of ether oxygens (including phenoxy) is 1. The van der Waals surface area contributed by atoms with Crippen LogP contribution in [0.5, 0.6) is 0 Å². The number of carbonyl (C=O) groups excluding carboxylic acids is 1. The van der Waals surface area contributed by atoms with Crippen molar-refractivity contribution < 1.29 is 14.5 Å². The fourth-order valence-electron chi connectivity index (χ4n) is 2.39. The van der Waals surface area contributed by atoms with Crippen LogP contribution in [0.4, 0.5) is 23.0 Å². The summed E-state index contributed by atoms with van der Waals surface area (Å²) in [5.74, 6) is -0.506. The molecule has 0 unspecified atom stereocenters. The van der Waals surface area contributed by atoms with E-state index in [4.69, 9.17) is 15.3 Å². The number of hydrogen-bond donors (Lipinski definition) is 1. The number of carbonyl (C=O) groups is 1. The highest BCUT2D eigenvalue weighted by atomic mass is 16.6. The van der Waals surface area contributed by atoms with E-state index in [-0.39, 0.29) is 30.6 Å². The zero-order valence-electron chi connectivity index (χ0n) is 16.4. The molecule has 0 atom stereocenters. The molecule has 154 valence electrons. The van der Waals surface area contributed by atoms with E-state index in [2.05, 4.69) is 15.3 Å². The maximum atomic E-state index is 12.0. The van der Waals surface area contributed by atoms with Gasteiger partial charge >= 0.3 is 11.7 Å². The first-order valence-electron chi connectivity index (χ1n) is 8.89. The molecule has 0 amide bonds. The summed E-state index contributed by atoms with van der Waals surface area (Å²) in [6, 6.07) is 9.86. The summed E-state index contributed by atoms with van der Waals surface area (Å²) < 4.78 is 5.16. The van der Waals surface area contributed by atoms with Crippen LogP contribution in [0.25, 0.3) is 0 Å². The molecule has 0 aliphatic carbocycles. The third kappa shape index (κ3) is 5.62. The minimum absolute atomic E-state index is 0.110. The molecule has 11 nitrogen and oxygen atoms in total. The Labute approximate surface area is 172 Å². The molecule has 0 aliphatic rings. The van der Waals surface area contributed by atoms with Crippen molar-refractivity contribution in [2.75, 3.05) is 29.9 Å². The zero-order chi connectivity index (χ0) is 22.1. The maximum Gasteiger partial charge on any atom is 0.353 e. The number of hydrogen-bond acceptors (Lipinski definition) is 10. The van der Waals surface area contributed by atoms with Crippen LogP contribution < -0.4 is 10.2 Å². The molecular weight excluding hydrogens is 390 g/mol. The van der Waals surface area contributed by atoms with Gasteiger partial charge in [0, 0.05) is 5.69 Å². The third-order valence-corrected chi connectivity index (χ3v) is 3.74. The highest BCUT2D eigenvalue weighted by molar-refractivity contribution is 5.90. The Bertz CT molecular complexity index is 977. The minimum Gasteiger partial charge on any atom is -0.462 e. The number of nitrogens with zero attached hydrogens (tertiary/aromatic N) is 6. The lowest BCUT2D eigenvalue weighted by Crippen LogP contribution is -2.26. The molecule has 0 saturated heterocycles. The van der Waals surface area contributed by atoms with Gasteiger partial charge < -0.3 is 15.0 Å². The van der Waals surface area contributed by atoms with E-state index in [1.165, 1.54) is 17.0 Å². The third-order valence-electron chi connectivity index (χ3n) is 3.74. The topological polar surface area (TPSA) is 158 Å². The Kier molecular flexibility index (Phi) is 7.60. The largest absolute Gasteiger partial charge is 0.462 e. The zero-order valence-corrected chi connectivity index (χ0v) is 16.4. The fraction of sp³-hybridized carbons (Fsp3) is 0.316. The molecule has 0 spiro atoms. The lowest BCUT2D eigenvalue weighted by Gasteiger charge is -2.17. The molecule has 11 heteroatoms. The van der Waals surface area contributed by atoms with Crippen LogP contribution in [0.2, 0.25) is 0 Å². The molecule has 1 heterocycles. The molecule has 1 N–H and O–H groups in total. The van der Waals surface area contributed by atoms with Gasteiger partial charge in [-0.25, -0.2) is 14.8 Å². The van der Waals surface area contributed by atoms with Crippen LogP contribution in [0, 0.1) is 38.7 Å². The van der Waals surface area contributed by atoms with Gasteiger partial charge in [0.2, 0.25) is 11.6 Å². The number of benzene rings is 1. The van der Waals surface area contributed by atoms with Crippen molar-refractivity contribution in [3.8, 4) is 12.1 Å². The Balaban J connectivity index is 2.29. The average Bonchev–Trinajstić information content (AvgIpc) is 2.72. The van der Waals surface area contributed by atoms with Crippen LogP contribution in [0.1, 0.15) is 24.2 Å². The highest BCUT2D eigenvalue weighted by Gasteiger charge is 2.27. The molecule has 30 heavy (non-hydrogen) atoms. The second-order valence-electron chi connectivity index (χ2n) is 6.52. The second-order valence-corrected chi connectivity index (χ2v) is 6.52. The van der Waals surface area contributed by atoms with Crippen molar-refractivity contribution in [2.45, 2.75) is 13.8 Å². The van der Waals surface area contributed by atoms with E-state index in [9.17, 15) is 14.9 Å². The van der Waals surface area contributed by atoms with Crippen molar-refractivity contribution in [3.05, 3.63) is 46.3 Å². The molecule has 2 aromatic rings. The van der Waals surface area contributed by atoms with E-state index in [0.29, 0.717) is 17.9 Å². The van der Waals surface area contributed by atoms with Crippen LogP contribution in [0.15, 0.2) is 30.6 Å². The van der Waals surface area contributed by atoms with Crippen molar-refractivity contribution in [1.82, 2.24) is 9.97 Å². The number of esters is 1. The summed E-state index contributed by atoms with van der Waals surface area (Å²) >= 11 is 0. The first kappa shape index (κ1) is 22.0. The summed E-state index contributed by atoms with van der Waals surface area (Å²) in [5, 5.41) is 32.3. The van der Waals surface area contributed by atoms with Gasteiger partial charge in [0.05, 0.1) is 29.2 Å². The van der Waals surface area contributed by atoms with Gasteiger partial charge in [-0.15, -0.1) is 0 Å². The van der Waals surface area contributed by atoms with Gasteiger partial charge in [-0.05, 0) is 30.2 Å². The Morgan fingerprint density at radius 3 is 2.40 bits per heavy atom. The number of nitriles is 2. The molecular formula is C19H19N7O4. The quantitative estimate of drug-likeness (QED) is 0.282. The maximum absolute atomic E-state index is 12.0. The Morgan fingerprint density at radius 1 is 1.23 bits per heavy atom. The van der Waals surface area contributed by atoms with E-state index in [1.807, 2.05) is 26.0 Å². The summed E-state index contributed by atoms with van der Waals surface area (Å²) in [4.78, 5) is 31.9. The number of nitro groups is 1. The molecule has 2 rings (SSSR count). The van der Waals surface area contributed by atoms with Gasteiger partial charge in [0.25, 0.3) is 0 Å². The summed E-state index contributed by atoms with van der Waals surface area (Å²) in [7, 11) is 0. The van der Waals surface area contributed by atoms with Gasteiger partial charge in [-0.1, -0.05) is 13.8 Å². The van der Waals surface area contributed by atoms with Crippen LogP contribution in [-0.2, 0) is 4.74 Å². The van der Waals surface area contributed by atoms with Crippen molar-refractivity contribution in [2.24, 2.45) is 5.92 Å². The van der Waals surface area contributed by atoms with E-state index < -0.39 is 16.6 Å². The first-order chi connectivity index (χ1) is 14.4. The molecule has 0 aliphatic heterocycles. The summed E-state index contributed by atoms with van der Waals surface area (Å²) in [6.07, 6.45) is 1.10. The van der Waals surface area contributed by atoms with Gasteiger partial charge in [-0.2, -0.15) is 10.5 Å². The minimum atomic E-state index is -0.683. The smallest absolute Gasteiger partial charge is 0.353 e. The normalized spacial score (nSPS) is 10.0. The van der Waals surface area contributed by atoms with Crippen LogP contribution >= 0.6 is 0 Å². The van der Waals surface area contributed by atoms with Crippen molar-refractivity contribution in [1.29, 1.82) is 10.5 Å². The van der Waals surface area contributed by atoms with E-state index in [0.717, 1.165) is 6.33 Å². The number of rotatable bonds is 9. The predicted molar refractivity (Wildman–Crippen MR) is 107 cm³/mol. The van der Waals surface area contributed by atoms with Crippen LogP contribution in [-0.4, -0.2) is 40.6 Å². The monoisotopic (exact) mass is 409 g/mol. The van der Waals surface area contributed by atoms with Crippen molar-refractivity contribution in [3.63, 3.8) is 0 Å². The number of anilines is 3. The number of nitrogens with one attached hydrogen (secondary N) is 1. The summed E-state index contributed by atoms with van der Waals surface area (Å²) in [5.41, 5.74) is 0.312. The summed E-state index contributed by atoms with van der Waals surface area (Å²) in [6.45, 7) is 3.65. The predicted octanol–water partition coefficient (Wildman–Crippen LogP) is 2.79. The Morgan fingerprint density at radius 2 is 1.87 bits per heavy atom. The lowest BCUT2D eigenvalue weighted by molar-refractivity contribution is -0.383. The molecule has 1 aromatic heterocycles. The van der Waals surface area contributed by atoms with E-state index in [1.54, 1.807) is 12.1 Å². The highest BCUT2D eigenvalue weighted by Crippen LogP contribution is 2.33. The Hall–Kier alpha value is -4.25. The molecule has 0 bridgehead atoms. The van der Waals surface area contributed by atoms with Gasteiger partial charge in [0.15, 0.2) is 0 Å². The molecule has 0 fully saturated rings. The lowest BCUT2D eigenvalue weighted by atomic mass is 10.2. The van der Waals surface area contributed by atoms with Gasteiger partial charge in [-0.3, -0.25) is 10.1 Å². The SMILES string of the molecule is CC(C)COC(=O)c1ccc(Nc2ncnc(N(CC#N)CC#N)c2[N+](=O)[O-])cc1. The van der Waals surface area contributed by atoms with Crippen LogP contribution in [0.3, 0.4) is 0 Å². The molecule has 0 radical (unpaired) electrons. The number of aromatic nitrogens is 2. The average molecular weight is 409 g/mol.